The summed E-state index contributed by atoms with van der Waals surface area (Å²) >= 11 is 0. The van der Waals surface area contributed by atoms with Crippen LogP contribution >= 0.6 is 0 Å². The van der Waals surface area contributed by atoms with Crippen molar-refractivity contribution in [3.63, 3.8) is 0 Å². The molecule has 0 aliphatic rings. The van der Waals surface area contributed by atoms with Crippen molar-refractivity contribution in [2.75, 3.05) is 0 Å². The standard InChI is InChI=1S/C12H10O6/c13-8-4-1-2-6-10(8)18-11(15)7-3-5-9(14)12(16)17/h1-7,13-14H,(H,16,17)/p-1/b7-3-,9-5+. The lowest BCUT2D eigenvalue weighted by Crippen LogP contribution is -2.13. The van der Waals surface area contributed by atoms with E-state index in [2.05, 4.69) is 0 Å². The summed E-state index contributed by atoms with van der Waals surface area (Å²) in [6.07, 6.45) is 2.54. The molecule has 0 amide bonds. The number of carbonyl (C=O) groups excluding carboxylic acids is 1. The normalized spacial score (nSPS) is 11.4. The number of hydrogen-bond donors (Lipinski definition) is 2. The van der Waals surface area contributed by atoms with Crippen LogP contribution in [0.5, 0.6) is 11.5 Å². The van der Waals surface area contributed by atoms with E-state index in [1.165, 1.54) is 12.1 Å². The van der Waals surface area contributed by atoms with E-state index < -0.39 is 17.7 Å². The molecule has 0 heterocycles. The third-order valence-electron chi connectivity index (χ3n) is 1.77. The van der Waals surface area contributed by atoms with Gasteiger partial charge in [0.2, 0.25) is 0 Å². The van der Waals surface area contributed by atoms with Crippen molar-refractivity contribution < 1.29 is 29.6 Å². The highest BCUT2D eigenvalue weighted by molar-refractivity contribution is 5.86. The van der Waals surface area contributed by atoms with E-state index in [1.807, 2.05) is 0 Å². The highest BCUT2D eigenvalue weighted by Crippen LogP contribution is 2.24. The lowest BCUT2D eigenvalue weighted by molar-refractivity contribution is -0.302. The molecule has 0 fully saturated rings. The number of phenolic OH excluding ortho intramolecular Hbond substituents is 1. The first kappa shape index (κ1) is 13.3. The van der Waals surface area contributed by atoms with Gasteiger partial charge in [0.1, 0.15) is 0 Å². The summed E-state index contributed by atoms with van der Waals surface area (Å²) in [5.41, 5.74) is 0. The first-order valence-electron chi connectivity index (χ1n) is 4.79. The molecule has 0 saturated heterocycles. The number of para-hydroxylation sites is 2. The average molecular weight is 249 g/mol. The van der Waals surface area contributed by atoms with E-state index in [-0.39, 0.29) is 11.5 Å². The van der Waals surface area contributed by atoms with E-state index in [0.29, 0.717) is 6.08 Å². The molecule has 0 aliphatic carbocycles. The van der Waals surface area contributed by atoms with Crippen molar-refractivity contribution >= 4 is 11.9 Å². The predicted octanol–water partition coefficient (Wildman–Crippen LogP) is 0.183. The second-order valence-electron chi connectivity index (χ2n) is 3.08. The SMILES string of the molecule is O=C(/C=C\C=C(\[O-])C(=O)O)Oc1ccccc1O. The molecule has 1 aromatic rings. The zero-order valence-electron chi connectivity index (χ0n) is 9.07. The predicted molar refractivity (Wildman–Crippen MR) is 58.6 cm³/mol. The number of aromatic hydroxyl groups is 1. The van der Waals surface area contributed by atoms with Crippen molar-refractivity contribution in [3.05, 3.63) is 48.3 Å². The molecule has 0 bridgehead atoms. The Hall–Kier alpha value is -2.76. The zero-order valence-corrected chi connectivity index (χ0v) is 9.07. The van der Waals surface area contributed by atoms with Crippen molar-refractivity contribution in [2.24, 2.45) is 0 Å². The van der Waals surface area contributed by atoms with E-state index in [1.54, 1.807) is 12.1 Å². The summed E-state index contributed by atoms with van der Waals surface area (Å²) in [6.45, 7) is 0. The van der Waals surface area contributed by atoms with Crippen LogP contribution in [0.15, 0.2) is 48.3 Å². The summed E-state index contributed by atoms with van der Waals surface area (Å²) < 4.78 is 4.73. The number of carbonyl (C=O) groups is 2. The minimum atomic E-state index is -1.62. The summed E-state index contributed by atoms with van der Waals surface area (Å²) in [5, 5.41) is 28.2. The van der Waals surface area contributed by atoms with Crippen LogP contribution in [0.1, 0.15) is 0 Å². The molecule has 1 aromatic carbocycles. The minimum Gasteiger partial charge on any atom is -0.868 e. The molecule has 0 spiro atoms. The fourth-order valence-electron chi connectivity index (χ4n) is 0.971. The summed E-state index contributed by atoms with van der Waals surface area (Å²) in [5.74, 6) is -3.84. The molecule has 94 valence electrons. The van der Waals surface area contributed by atoms with Gasteiger partial charge in [-0.25, -0.2) is 9.59 Å². The molecule has 2 N–H and O–H groups in total. The third kappa shape index (κ3) is 4.01. The van der Waals surface area contributed by atoms with Crippen LogP contribution in [-0.2, 0) is 9.59 Å². The van der Waals surface area contributed by atoms with Gasteiger partial charge in [0.05, 0.1) is 0 Å². The van der Waals surface area contributed by atoms with Gasteiger partial charge in [-0.05, 0) is 17.9 Å². The topological polar surface area (TPSA) is 107 Å². The second-order valence-corrected chi connectivity index (χ2v) is 3.08. The Balaban J connectivity index is 2.63. The number of hydrogen-bond acceptors (Lipinski definition) is 5. The smallest absolute Gasteiger partial charge is 0.336 e. The molecule has 18 heavy (non-hydrogen) atoms. The van der Waals surface area contributed by atoms with E-state index >= 15 is 0 Å². The molecule has 1 rings (SSSR count). The van der Waals surface area contributed by atoms with E-state index in [0.717, 1.165) is 12.2 Å². The van der Waals surface area contributed by atoms with Gasteiger partial charge < -0.3 is 20.1 Å². The van der Waals surface area contributed by atoms with Crippen LogP contribution in [0.2, 0.25) is 0 Å². The van der Waals surface area contributed by atoms with Crippen molar-refractivity contribution in [2.45, 2.75) is 0 Å². The Bertz CT molecular complexity index is 515. The number of phenols is 1. The number of ether oxygens (including phenoxy) is 1. The van der Waals surface area contributed by atoms with Gasteiger partial charge in [0, 0.05) is 6.08 Å². The first-order valence-corrected chi connectivity index (χ1v) is 4.79. The lowest BCUT2D eigenvalue weighted by Gasteiger charge is -2.03. The fourth-order valence-corrected chi connectivity index (χ4v) is 0.971. The van der Waals surface area contributed by atoms with Gasteiger partial charge in [-0.2, -0.15) is 0 Å². The quantitative estimate of drug-likeness (QED) is 0.259. The molecule has 0 unspecified atom stereocenters. The zero-order chi connectivity index (χ0) is 13.5. The fraction of sp³-hybridized carbons (Fsp3) is 0. The monoisotopic (exact) mass is 249 g/mol. The van der Waals surface area contributed by atoms with Gasteiger partial charge in [0.25, 0.3) is 0 Å². The average Bonchev–Trinajstić information content (AvgIpc) is 2.32. The van der Waals surface area contributed by atoms with Gasteiger partial charge in [-0.1, -0.05) is 24.3 Å². The molecule has 0 saturated carbocycles. The Morgan fingerprint density at radius 3 is 2.56 bits per heavy atom. The summed E-state index contributed by atoms with van der Waals surface area (Å²) in [4.78, 5) is 21.4. The maximum Gasteiger partial charge on any atom is 0.336 e. The molecular formula is C12H9O6-. The Labute approximate surface area is 102 Å². The summed E-state index contributed by atoms with van der Waals surface area (Å²) in [7, 11) is 0. The maximum atomic E-state index is 11.2. The number of esters is 1. The molecule has 0 atom stereocenters. The second kappa shape index (κ2) is 6.09. The molecular weight excluding hydrogens is 240 g/mol. The van der Waals surface area contributed by atoms with Crippen LogP contribution in [0.3, 0.4) is 0 Å². The highest BCUT2D eigenvalue weighted by atomic mass is 16.5. The number of carboxylic acids is 1. The lowest BCUT2D eigenvalue weighted by atomic mass is 10.3. The Kier molecular flexibility index (Phi) is 4.50. The Morgan fingerprint density at radius 1 is 1.28 bits per heavy atom. The third-order valence-corrected chi connectivity index (χ3v) is 1.77. The number of aliphatic carboxylic acids is 1. The van der Waals surface area contributed by atoms with Crippen molar-refractivity contribution in [3.8, 4) is 11.5 Å². The first-order chi connectivity index (χ1) is 8.50. The van der Waals surface area contributed by atoms with Crippen LogP contribution in [0.25, 0.3) is 0 Å². The van der Waals surface area contributed by atoms with Gasteiger partial charge >= 0.3 is 11.9 Å². The molecule has 0 radical (unpaired) electrons. The van der Waals surface area contributed by atoms with Crippen LogP contribution in [0, 0.1) is 0 Å². The maximum absolute atomic E-state index is 11.2. The van der Waals surface area contributed by atoms with E-state index in [9.17, 15) is 19.8 Å². The van der Waals surface area contributed by atoms with Crippen LogP contribution in [-0.4, -0.2) is 22.2 Å². The highest BCUT2D eigenvalue weighted by Gasteiger charge is 2.04. The number of benzene rings is 1. The number of allylic oxidation sites excluding steroid dienone is 2. The molecule has 0 aromatic heterocycles. The molecule has 6 nitrogen and oxygen atoms in total. The van der Waals surface area contributed by atoms with E-state index in [4.69, 9.17) is 9.84 Å². The minimum absolute atomic E-state index is 0.0308. The van der Waals surface area contributed by atoms with Crippen molar-refractivity contribution in [1.29, 1.82) is 0 Å². The molecule has 0 aliphatic heterocycles. The van der Waals surface area contributed by atoms with Crippen LogP contribution < -0.4 is 9.84 Å². The van der Waals surface area contributed by atoms with Gasteiger partial charge in [-0.15, -0.1) is 0 Å². The summed E-state index contributed by atoms with van der Waals surface area (Å²) in [6, 6.07) is 5.84. The number of rotatable bonds is 4. The number of carboxylic acid groups (broad SMARTS) is 1. The largest absolute Gasteiger partial charge is 0.868 e. The Morgan fingerprint density at radius 2 is 1.94 bits per heavy atom. The van der Waals surface area contributed by atoms with Crippen LogP contribution in [0.4, 0.5) is 0 Å². The van der Waals surface area contributed by atoms with Crippen molar-refractivity contribution in [1.82, 2.24) is 0 Å². The molecule has 6 heteroatoms. The van der Waals surface area contributed by atoms with Gasteiger partial charge in [-0.3, -0.25) is 0 Å². The van der Waals surface area contributed by atoms with Gasteiger partial charge in [0.15, 0.2) is 11.5 Å².